The number of benzene rings is 1. The molecule has 0 saturated carbocycles. The molecule has 0 amide bonds. The molecule has 2 rings (SSSR count). The number of hydrogen-bond donors (Lipinski definition) is 0. The molecule has 0 spiro atoms. The molecule has 0 aliphatic heterocycles. The summed E-state index contributed by atoms with van der Waals surface area (Å²) in [7, 11) is 0. The van der Waals surface area contributed by atoms with Crippen LogP contribution in [0.15, 0.2) is 24.3 Å². The fraction of sp³-hybridized carbons (Fsp3) is 0.200. The molecule has 0 saturated heterocycles. The van der Waals surface area contributed by atoms with Gasteiger partial charge in [0, 0.05) is 6.07 Å². The van der Waals surface area contributed by atoms with Crippen LogP contribution in [0, 0.1) is 13.8 Å². The average molecular weight is 370 g/mol. The lowest BCUT2D eigenvalue weighted by Crippen LogP contribution is -2.13. The van der Waals surface area contributed by atoms with Crippen LogP contribution < -0.4 is 0 Å². The van der Waals surface area contributed by atoms with E-state index in [0.717, 1.165) is 4.57 Å². The number of halogens is 4. The summed E-state index contributed by atoms with van der Waals surface area (Å²) in [6.45, 7) is 0. The summed E-state index contributed by atoms with van der Waals surface area (Å²) in [5, 5.41) is 10.9. The van der Waals surface area contributed by atoms with Crippen LogP contribution >= 0.6 is 22.6 Å². The number of non-ortho nitro benzene ring substituents is 1. The van der Waals surface area contributed by atoms with E-state index in [4.69, 9.17) is 0 Å². The molecule has 0 fully saturated rings. The summed E-state index contributed by atoms with van der Waals surface area (Å²) in [6, 6.07) is 5.28. The first kappa shape index (κ1) is 13.1. The van der Waals surface area contributed by atoms with Crippen LogP contribution in [0.3, 0.4) is 0 Å². The minimum absolute atomic E-state index is 0.0846. The summed E-state index contributed by atoms with van der Waals surface area (Å²) in [5.74, 6) is 0. The topological polar surface area (TPSA) is 48.1 Å². The zero-order chi connectivity index (χ0) is 13.4. The second-order valence-electron chi connectivity index (χ2n) is 3.51. The second kappa shape index (κ2) is 4.75. The van der Waals surface area contributed by atoms with Crippen molar-refractivity contribution < 1.29 is 18.1 Å². The molecule has 0 aliphatic carbocycles. The van der Waals surface area contributed by atoms with E-state index >= 15 is 0 Å². The molecule has 1 unspecified atom stereocenters. The molecular formula is C10H6F3IN2O2. The molecule has 18 heavy (non-hydrogen) atoms. The number of rotatable bonds is 3. The third-order valence-electron chi connectivity index (χ3n) is 2.46. The zero-order valence-electron chi connectivity index (χ0n) is 8.69. The van der Waals surface area contributed by atoms with Crippen LogP contribution in [0.5, 0.6) is 0 Å². The van der Waals surface area contributed by atoms with Gasteiger partial charge in [-0.25, -0.2) is 13.2 Å². The molecule has 0 N–H and O–H groups in total. The van der Waals surface area contributed by atoms with E-state index in [2.05, 4.69) is 0 Å². The molecule has 1 aromatic heterocycles. The quantitative estimate of drug-likeness (QED) is 0.468. The summed E-state index contributed by atoms with van der Waals surface area (Å²) >= 11 is 1.67. The van der Waals surface area contributed by atoms with E-state index in [1.54, 1.807) is 22.6 Å². The Kier molecular flexibility index (Phi) is 3.46. The van der Waals surface area contributed by atoms with E-state index in [0.29, 0.717) is 0 Å². The Bertz CT molecular complexity index is 614. The van der Waals surface area contributed by atoms with Crippen LogP contribution in [0.2, 0.25) is 0 Å². The first-order valence-corrected chi connectivity index (χ1v) is 5.87. The van der Waals surface area contributed by atoms with Gasteiger partial charge < -0.3 is 0 Å². The molecule has 2 aromatic rings. The highest BCUT2D eigenvalue weighted by molar-refractivity contribution is 14.1. The van der Waals surface area contributed by atoms with Crippen molar-refractivity contribution in [3.63, 3.8) is 0 Å². The van der Waals surface area contributed by atoms with Gasteiger partial charge in [-0.2, -0.15) is 0 Å². The van der Waals surface area contributed by atoms with Crippen LogP contribution in [-0.2, 0) is 0 Å². The Labute approximate surface area is 113 Å². The van der Waals surface area contributed by atoms with E-state index < -0.39 is 17.6 Å². The number of nitrogens with zero attached hydrogens (tertiary/aromatic N) is 2. The molecule has 0 bridgehead atoms. The minimum atomic E-state index is -3.19. The van der Waals surface area contributed by atoms with E-state index in [9.17, 15) is 23.3 Å². The first-order chi connectivity index (χ1) is 8.43. The maximum Gasteiger partial charge on any atom is 0.288 e. The second-order valence-corrected chi connectivity index (χ2v) is 4.62. The van der Waals surface area contributed by atoms with Crippen molar-refractivity contribution in [2.75, 3.05) is 0 Å². The number of hydrogen-bond acceptors (Lipinski definition) is 2. The van der Waals surface area contributed by atoms with Gasteiger partial charge in [0.15, 0.2) is 0 Å². The summed E-state index contributed by atoms with van der Waals surface area (Å²) in [5.41, 5.74) is -0.146. The van der Waals surface area contributed by atoms with E-state index in [1.807, 2.05) is 0 Å². The molecule has 1 heterocycles. The fourth-order valence-corrected chi connectivity index (χ4v) is 2.56. The summed E-state index contributed by atoms with van der Waals surface area (Å²) in [6.07, 6.45) is -5.70. The normalized spacial score (nSPS) is 13.2. The van der Waals surface area contributed by atoms with E-state index in [-0.39, 0.29) is 20.3 Å². The molecule has 96 valence electrons. The highest BCUT2D eigenvalue weighted by Gasteiger charge is 2.26. The number of alkyl halides is 3. The molecule has 1 atom stereocenters. The lowest BCUT2D eigenvalue weighted by molar-refractivity contribution is -0.383. The standard InChI is InChI=1S/C10H6F3IN2O2/c11-9(12)10(13)15-6-2-1-3-7(16(17)18)5(6)4-8(15)14/h1-4,9-10H. The third-order valence-corrected chi connectivity index (χ3v) is 3.30. The maximum atomic E-state index is 13.5. The van der Waals surface area contributed by atoms with Gasteiger partial charge in [-0.3, -0.25) is 14.7 Å². The Balaban J connectivity index is 2.73. The molecular weight excluding hydrogens is 364 g/mol. The van der Waals surface area contributed by atoms with Crippen molar-refractivity contribution in [3.8, 4) is 0 Å². The predicted molar refractivity (Wildman–Crippen MR) is 67.5 cm³/mol. The van der Waals surface area contributed by atoms with E-state index in [1.165, 1.54) is 24.3 Å². The largest absolute Gasteiger partial charge is 0.300 e. The van der Waals surface area contributed by atoms with Crippen molar-refractivity contribution in [3.05, 3.63) is 38.1 Å². The fourth-order valence-electron chi connectivity index (χ4n) is 1.73. The van der Waals surface area contributed by atoms with Crippen molar-refractivity contribution in [2.45, 2.75) is 12.7 Å². The molecule has 4 nitrogen and oxygen atoms in total. The highest BCUT2D eigenvalue weighted by Crippen LogP contribution is 2.33. The van der Waals surface area contributed by atoms with Gasteiger partial charge in [0.25, 0.3) is 12.1 Å². The zero-order valence-corrected chi connectivity index (χ0v) is 10.8. The predicted octanol–water partition coefficient (Wildman–Crippen LogP) is 3.89. The lowest BCUT2D eigenvalue weighted by atomic mass is 10.2. The highest BCUT2D eigenvalue weighted by atomic mass is 127. The Morgan fingerprint density at radius 1 is 1.33 bits per heavy atom. The Morgan fingerprint density at radius 3 is 2.56 bits per heavy atom. The van der Waals surface area contributed by atoms with Gasteiger partial charge >= 0.3 is 0 Å². The van der Waals surface area contributed by atoms with Crippen LogP contribution in [0.25, 0.3) is 10.9 Å². The molecule has 1 aromatic carbocycles. The number of nitro benzene ring substituents is 1. The molecule has 8 heteroatoms. The van der Waals surface area contributed by atoms with Gasteiger partial charge in [-0.1, -0.05) is 6.07 Å². The Hall–Kier alpha value is -1.32. The summed E-state index contributed by atoms with van der Waals surface area (Å²) in [4.78, 5) is 10.2. The minimum Gasteiger partial charge on any atom is -0.300 e. The first-order valence-electron chi connectivity index (χ1n) is 4.79. The van der Waals surface area contributed by atoms with Crippen LogP contribution in [0.1, 0.15) is 6.30 Å². The van der Waals surface area contributed by atoms with Crippen molar-refractivity contribution in [1.29, 1.82) is 0 Å². The van der Waals surface area contributed by atoms with Crippen molar-refractivity contribution >= 4 is 39.2 Å². The Morgan fingerprint density at radius 2 is 2.00 bits per heavy atom. The average Bonchev–Trinajstić information content (AvgIpc) is 2.63. The van der Waals surface area contributed by atoms with Crippen LogP contribution in [-0.4, -0.2) is 15.9 Å². The van der Waals surface area contributed by atoms with Crippen LogP contribution in [0.4, 0.5) is 18.9 Å². The van der Waals surface area contributed by atoms with Gasteiger partial charge in [-0.05, 0) is 34.7 Å². The monoisotopic (exact) mass is 370 g/mol. The van der Waals surface area contributed by atoms with Gasteiger partial charge in [0.1, 0.15) is 0 Å². The maximum absolute atomic E-state index is 13.5. The lowest BCUT2D eigenvalue weighted by Gasteiger charge is -2.12. The number of aromatic nitrogens is 1. The van der Waals surface area contributed by atoms with Gasteiger partial charge in [0.05, 0.1) is 19.5 Å². The molecule has 0 aliphatic rings. The smallest absolute Gasteiger partial charge is 0.288 e. The number of fused-ring (bicyclic) bond motifs is 1. The van der Waals surface area contributed by atoms with Crippen molar-refractivity contribution in [1.82, 2.24) is 4.57 Å². The SMILES string of the molecule is O=[N+]([O-])c1cccc2c1cc(I)n2C(F)C(F)F. The summed E-state index contributed by atoms with van der Waals surface area (Å²) < 4.78 is 39.2. The third kappa shape index (κ3) is 2.04. The van der Waals surface area contributed by atoms with Gasteiger partial charge in [0.2, 0.25) is 6.30 Å². The number of nitro groups is 1. The van der Waals surface area contributed by atoms with Crippen molar-refractivity contribution in [2.24, 2.45) is 0 Å². The van der Waals surface area contributed by atoms with Gasteiger partial charge in [-0.15, -0.1) is 0 Å². The molecule has 0 radical (unpaired) electrons.